The van der Waals surface area contributed by atoms with E-state index < -0.39 is 0 Å². The Kier molecular flexibility index (Phi) is 6.89. The first-order chi connectivity index (χ1) is 15.1. The third-order valence-corrected chi connectivity index (χ3v) is 6.47. The van der Waals surface area contributed by atoms with Crippen molar-refractivity contribution in [3.8, 4) is 17.1 Å². The van der Waals surface area contributed by atoms with Crippen molar-refractivity contribution >= 4 is 17.7 Å². The SMILES string of the molecule is COc1cccc(-c2nnc(SCC(=O)N3CCN(Cc4ccccc4)CC3)n2C)c1. The van der Waals surface area contributed by atoms with E-state index in [9.17, 15) is 4.79 Å². The molecule has 0 spiro atoms. The van der Waals surface area contributed by atoms with Gasteiger partial charge in [-0.1, -0.05) is 54.2 Å². The van der Waals surface area contributed by atoms with Gasteiger partial charge in [0.05, 0.1) is 12.9 Å². The largest absolute Gasteiger partial charge is 0.497 e. The minimum absolute atomic E-state index is 0.148. The Bertz CT molecular complexity index is 1020. The zero-order valence-corrected chi connectivity index (χ0v) is 18.7. The predicted molar refractivity (Wildman–Crippen MR) is 122 cm³/mol. The van der Waals surface area contributed by atoms with Gasteiger partial charge >= 0.3 is 0 Å². The number of methoxy groups -OCH3 is 1. The van der Waals surface area contributed by atoms with Gasteiger partial charge in [0.1, 0.15) is 5.75 Å². The van der Waals surface area contributed by atoms with Crippen LogP contribution in [0.5, 0.6) is 5.75 Å². The van der Waals surface area contributed by atoms with Gasteiger partial charge in [-0.2, -0.15) is 0 Å². The number of amides is 1. The Morgan fingerprint density at radius 3 is 2.55 bits per heavy atom. The monoisotopic (exact) mass is 437 g/mol. The van der Waals surface area contributed by atoms with Crippen molar-refractivity contribution in [3.05, 3.63) is 60.2 Å². The Morgan fingerprint density at radius 2 is 1.81 bits per heavy atom. The lowest BCUT2D eigenvalue weighted by molar-refractivity contribution is -0.130. The first kappa shape index (κ1) is 21.4. The number of carbonyl (C=O) groups is 1. The molecule has 4 rings (SSSR count). The van der Waals surface area contributed by atoms with Crippen LogP contribution in [0.1, 0.15) is 5.56 Å². The molecule has 0 bridgehead atoms. The van der Waals surface area contributed by atoms with E-state index in [1.54, 1.807) is 7.11 Å². The van der Waals surface area contributed by atoms with Gasteiger partial charge in [0.25, 0.3) is 0 Å². The predicted octanol–water partition coefficient (Wildman–Crippen LogP) is 2.93. The first-order valence-corrected chi connectivity index (χ1v) is 11.3. The minimum Gasteiger partial charge on any atom is -0.497 e. The fourth-order valence-corrected chi connectivity index (χ4v) is 4.48. The molecule has 1 saturated heterocycles. The molecule has 0 unspecified atom stereocenters. The molecule has 1 amide bonds. The fraction of sp³-hybridized carbons (Fsp3) is 0.348. The maximum absolute atomic E-state index is 12.7. The molecular formula is C23H27N5O2S. The number of carbonyl (C=O) groups excluding carboxylic acids is 1. The van der Waals surface area contributed by atoms with Crippen molar-refractivity contribution in [2.24, 2.45) is 7.05 Å². The molecule has 162 valence electrons. The molecule has 2 heterocycles. The third kappa shape index (κ3) is 5.26. The second kappa shape index (κ2) is 9.98. The van der Waals surface area contributed by atoms with Crippen molar-refractivity contribution in [2.45, 2.75) is 11.7 Å². The number of aromatic nitrogens is 3. The molecule has 31 heavy (non-hydrogen) atoms. The molecule has 1 aromatic heterocycles. The first-order valence-electron chi connectivity index (χ1n) is 10.3. The van der Waals surface area contributed by atoms with Crippen molar-refractivity contribution in [3.63, 3.8) is 0 Å². The topological polar surface area (TPSA) is 63.5 Å². The summed E-state index contributed by atoms with van der Waals surface area (Å²) >= 11 is 1.43. The van der Waals surface area contributed by atoms with E-state index >= 15 is 0 Å². The molecule has 0 radical (unpaired) electrons. The van der Waals surface area contributed by atoms with Crippen LogP contribution in [-0.4, -0.2) is 69.5 Å². The van der Waals surface area contributed by atoms with Crippen molar-refractivity contribution in [1.29, 1.82) is 0 Å². The van der Waals surface area contributed by atoms with Crippen LogP contribution >= 0.6 is 11.8 Å². The minimum atomic E-state index is 0.148. The quantitative estimate of drug-likeness (QED) is 0.530. The Labute approximate surface area is 187 Å². The number of rotatable bonds is 7. The standard InChI is InChI=1S/C23H27N5O2S/c1-26-22(19-9-6-10-20(15-19)30-2)24-25-23(26)31-17-21(29)28-13-11-27(12-14-28)16-18-7-4-3-5-8-18/h3-10,15H,11-14,16-17H2,1-2H3. The molecule has 1 aliphatic rings. The summed E-state index contributed by atoms with van der Waals surface area (Å²) in [6.07, 6.45) is 0. The van der Waals surface area contributed by atoms with Gasteiger partial charge in [0.2, 0.25) is 5.91 Å². The van der Waals surface area contributed by atoms with E-state index in [1.807, 2.05) is 46.8 Å². The number of thioether (sulfide) groups is 1. The Morgan fingerprint density at radius 1 is 1.03 bits per heavy atom. The highest BCUT2D eigenvalue weighted by atomic mass is 32.2. The second-order valence-corrected chi connectivity index (χ2v) is 8.47. The van der Waals surface area contributed by atoms with Gasteiger partial charge in [0.15, 0.2) is 11.0 Å². The molecule has 0 atom stereocenters. The summed E-state index contributed by atoms with van der Waals surface area (Å²) in [4.78, 5) is 17.1. The van der Waals surface area contributed by atoms with Crippen LogP contribution in [0.3, 0.4) is 0 Å². The third-order valence-electron chi connectivity index (χ3n) is 5.46. The zero-order chi connectivity index (χ0) is 21.6. The molecule has 2 aromatic carbocycles. The number of piperazine rings is 1. The summed E-state index contributed by atoms with van der Waals surface area (Å²) in [6.45, 7) is 4.26. The van der Waals surface area contributed by atoms with Gasteiger partial charge in [-0.15, -0.1) is 10.2 Å². The van der Waals surface area contributed by atoms with E-state index in [0.29, 0.717) is 5.75 Å². The summed E-state index contributed by atoms with van der Waals surface area (Å²) in [5, 5.41) is 9.32. The highest BCUT2D eigenvalue weighted by Gasteiger charge is 2.22. The van der Waals surface area contributed by atoms with Crippen molar-refractivity contribution < 1.29 is 9.53 Å². The average molecular weight is 438 g/mol. The summed E-state index contributed by atoms with van der Waals surface area (Å²) in [7, 11) is 3.56. The normalized spacial score (nSPS) is 14.6. The lowest BCUT2D eigenvalue weighted by Gasteiger charge is -2.34. The molecule has 1 aliphatic heterocycles. The molecule has 0 N–H and O–H groups in total. The summed E-state index contributed by atoms with van der Waals surface area (Å²) in [5.41, 5.74) is 2.24. The summed E-state index contributed by atoms with van der Waals surface area (Å²) < 4.78 is 7.21. The van der Waals surface area contributed by atoms with Gasteiger partial charge in [0, 0.05) is 45.3 Å². The second-order valence-electron chi connectivity index (χ2n) is 7.53. The molecular weight excluding hydrogens is 410 g/mol. The van der Waals surface area contributed by atoms with E-state index in [0.717, 1.165) is 55.0 Å². The highest BCUT2D eigenvalue weighted by molar-refractivity contribution is 7.99. The van der Waals surface area contributed by atoms with Crippen LogP contribution in [0.2, 0.25) is 0 Å². The maximum Gasteiger partial charge on any atom is 0.233 e. The maximum atomic E-state index is 12.7. The van der Waals surface area contributed by atoms with E-state index in [4.69, 9.17) is 4.74 Å². The number of hydrogen-bond acceptors (Lipinski definition) is 6. The smallest absolute Gasteiger partial charge is 0.233 e. The van der Waals surface area contributed by atoms with Crippen LogP contribution in [-0.2, 0) is 18.4 Å². The average Bonchev–Trinajstić information content (AvgIpc) is 3.19. The highest BCUT2D eigenvalue weighted by Crippen LogP contribution is 2.25. The number of nitrogens with zero attached hydrogens (tertiary/aromatic N) is 5. The molecule has 7 nitrogen and oxygen atoms in total. The van der Waals surface area contributed by atoms with Gasteiger partial charge in [-0.3, -0.25) is 9.69 Å². The number of hydrogen-bond donors (Lipinski definition) is 0. The van der Waals surface area contributed by atoms with E-state index in [2.05, 4.69) is 39.4 Å². The van der Waals surface area contributed by atoms with Gasteiger partial charge in [-0.25, -0.2) is 0 Å². The number of benzene rings is 2. The van der Waals surface area contributed by atoms with Crippen LogP contribution in [0.15, 0.2) is 59.8 Å². The molecule has 3 aromatic rings. The lowest BCUT2D eigenvalue weighted by atomic mass is 10.2. The molecule has 0 aliphatic carbocycles. The molecule has 8 heteroatoms. The van der Waals surface area contributed by atoms with Gasteiger partial charge < -0.3 is 14.2 Å². The molecule has 1 fully saturated rings. The summed E-state index contributed by atoms with van der Waals surface area (Å²) in [5.74, 6) is 2.04. The lowest BCUT2D eigenvalue weighted by Crippen LogP contribution is -2.48. The van der Waals surface area contributed by atoms with E-state index in [1.165, 1.54) is 17.3 Å². The number of ether oxygens (including phenoxy) is 1. The van der Waals surface area contributed by atoms with E-state index in [-0.39, 0.29) is 5.91 Å². The van der Waals surface area contributed by atoms with Crippen LogP contribution in [0.25, 0.3) is 11.4 Å². The van der Waals surface area contributed by atoms with Gasteiger partial charge in [-0.05, 0) is 17.7 Å². The Balaban J connectivity index is 1.29. The molecule has 0 saturated carbocycles. The Hall–Kier alpha value is -2.84. The van der Waals surface area contributed by atoms with Crippen LogP contribution in [0, 0.1) is 0 Å². The fourth-order valence-electron chi connectivity index (χ4n) is 3.67. The van der Waals surface area contributed by atoms with Crippen LogP contribution < -0.4 is 4.74 Å². The van der Waals surface area contributed by atoms with Crippen molar-refractivity contribution in [1.82, 2.24) is 24.6 Å². The van der Waals surface area contributed by atoms with Crippen molar-refractivity contribution in [2.75, 3.05) is 39.0 Å². The van der Waals surface area contributed by atoms with Crippen LogP contribution in [0.4, 0.5) is 0 Å². The summed E-state index contributed by atoms with van der Waals surface area (Å²) in [6, 6.07) is 18.2. The zero-order valence-electron chi connectivity index (χ0n) is 17.9.